The summed E-state index contributed by atoms with van der Waals surface area (Å²) < 4.78 is 45.1. The Morgan fingerprint density at radius 3 is 1.69 bits per heavy atom. The molecule has 0 saturated heterocycles. The van der Waals surface area contributed by atoms with E-state index in [0.29, 0.717) is 40.0 Å². The maximum Gasteiger partial charge on any atom is 0.152 e. The molecule has 51 heavy (non-hydrogen) atoms. The van der Waals surface area contributed by atoms with Crippen molar-refractivity contribution in [1.29, 1.82) is 0 Å². The molecule has 0 fully saturated rings. The van der Waals surface area contributed by atoms with Crippen molar-refractivity contribution in [3.8, 4) is 22.8 Å². The van der Waals surface area contributed by atoms with Gasteiger partial charge in [-0.05, 0) is 65.8 Å². The van der Waals surface area contributed by atoms with E-state index in [1.54, 1.807) is 61.0 Å². The molecule has 8 nitrogen and oxygen atoms in total. The van der Waals surface area contributed by atoms with E-state index in [2.05, 4.69) is 46.6 Å². The van der Waals surface area contributed by atoms with Crippen LogP contribution >= 0.6 is 0 Å². The summed E-state index contributed by atoms with van der Waals surface area (Å²) in [4.78, 5) is 26.3. The van der Waals surface area contributed by atoms with E-state index in [1.807, 2.05) is 35.2 Å². The lowest BCUT2D eigenvalue weighted by Gasteiger charge is -1.99. The van der Waals surface area contributed by atoms with Gasteiger partial charge in [0.1, 0.15) is 40.1 Å². The third-order valence-electron chi connectivity index (χ3n) is 8.80. The molecule has 0 unspecified atom stereocenters. The number of para-hydroxylation sites is 2. The fraction of sp³-hybridized carbons (Fsp3) is 0.0500. The molecule has 0 atom stereocenters. The van der Waals surface area contributed by atoms with Gasteiger partial charge in [0.25, 0.3) is 0 Å². The van der Waals surface area contributed by atoms with Crippen molar-refractivity contribution in [2.24, 2.45) is 0 Å². The second kappa shape index (κ2) is 12.3. The number of halogens is 3. The highest BCUT2D eigenvalue weighted by Crippen LogP contribution is 2.33. The molecule has 0 N–H and O–H groups in total. The minimum atomic E-state index is -0.371. The molecule has 2 aliphatic rings. The molecule has 10 rings (SSSR count). The van der Waals surface area contributed by atoms with Crippen LogP contribution in [-0.4, -0.2) is 39.0 Å². The maximum absolute atomic E-state index is 13.9. The molecule has 0 saturated carbocycles. The van der Waals surface area contributed by atoms with E-state index in [0.717, 1.165) is 40.7 Å². The summed E-state index contributed by atoms with van der Waals surface area (Å²) in [5.74, 6) is 1.71. The fourth-order valence-electron chi connectivity index (χ4n) is 6.41. The van der Waals surface area contributed by atoms with Gasteiger partial charge in [0.15, 0.2) is 11.6 Å². The molecule has 2 aliphatic heterocycles. The molecule has 0 spiro atoms. The van der Waals surface area contributed by atoms with Gasteiger partial charge in [0.2, 0.25) is 0 Å². The van der Waals surface area contributed by atoms with E-state index >= 15 is 0 Å². The van der Waals surface area contributed by atoms with Crippen LogP contribution in [0.2, 0.25) is 0 Å². The Morgan fingerprint density at radius 1 is 0.529 bits per heavy atom. The van der Waals surface area contributed by atoms with Crippen molar-refractivity contribution in [2.75, 3.05) is 0 Å². The Balaban J connectivity index is 0.000000137. The third kappa shape index (κ3) is 5.74. The Morgan fingerprint density at radius 2 is 1.08 bits per heavy atom. The lowest BCUT2D eigenvalue weighted by atomic mass is 10.1. The Labute approximate surface area is 289 Å². The molecule has 11 heteroatoms. The van der Waals surface area contributed by atoms with E-state index in [-0.39, 0.29) is 17.5 Å². The van der Waals surface area contributed by atoms with Gasteiger partial charge in [-0.15, -0.1) is 0 Å². The van der Waals surface area contributed by atoms with Crippen molar-refractivity contribution in [3.05, 3.63) is 155 Å². The van der Waals surface area contributed by atoms with Gasteiger partial charge in [-0.2, -0.15) is 0 Å². The predicted octanol–water partition coefficient (Wildman–Crippen LogP) is 8.47. The Bertz CT molecular complexity index is 2710. The van der Waals surface area contributed by atoms with Gasteiger partial charge in [0.05, 0.1) is 11.4 Å². The van der Waals surface area contributed by atoms with Crippen LogP contribution < -0.4 is 0 Å². The highest BCUT2D eigenvalue weighted by atomic mass is 19.1. The third-order valence-corrected chi connectivity index (χ3v) is 8.80. The number of rotatable bonds is 4. The van der Waals surface area contributed by atoms with Crippen molar-refractivity contribution < 1.29 is 13.2 Å². The number of hydrogen-bond acceptors (Lipinski definition) is 6. The molecular formula is C40H25F3N8. The summed E-state index contributed by atoms with van der Waals surface area (Å²) in [5.41, 5.74) is 6.53. The minimum Gasteiger partial charge on any atom is -0.326 e. The second-order valence-electron chi connectivity index (χ2n) is 12.2. The lowest BCUT2D eigenvalue weighted by Crippen LogP contribution is -1.91. The summed E-state index contributed by atoms with van der Waals surface area (Å²) in [6.45, 7) is 1.44. The fourth-order valence-corrected chi connectivity index (χ4v) is 6.41. The van der Waals surface area contributed by atoms with Crippen molar-refractivity contribution in [1.82, 2.24) is 39.0 Å². The van der Waals surface area contributed by atoms with E-state index in [9.17, 15) is 13.2 Å². The van der Waals surface area contributed by atoms with Crippen molar-refractivity contribution >= 4 is 46.1 Å². The number of aromatic nitrogens is 8. The normalized spacial score (nSPS) is 12.7. The van der Waals surface area contributed by atoms with Gasteiger partial charge in [-0.25, -0.2) is 43.1 Å². The molecular weight excluding hydrogens is 649 g/mol. The zero-order valence-corrected chi connectivity index (χ0v) is 26.8. The first-order valence-corrected chi connectivity index (χ1v) is 16.2. The lowest BCUT2D eigenvalue weighted by molar-refractivity contribution is 0.625. The molecule has 4 aromatic heterocycles. The number of imidazole rings is 2. The van der Waals surface area contributed by atoms with Crippen molar-refractivity contribution in [2.45, 2.75) is 13.1 Å². The van der Waals surface area contributed by atoms with Crippen LogP contribution in [0.1, 0.15) is 34.2 Å². The predicted molar refractivity (Wildman–Crippen MR) is 190 cm³/mol. The Hall–Kier alpha value is -6.75. The summed E-state index contributed by atoms with van der Waals surface area (Å²) in [6, 6.07) is 22.6. The van der Waals surface area contributed by atoms with Gasteiger partial charge < -0.3 is 9.13 Å². The molecule has 0 bridgehead atoms. The number of hydrogen-bond donors (Lipinski definition) is 0. The molecule has 4 aromatic carbocycles. The molecule has 0 aliphatic carbocycles. The highest BCUT2D eigenvalue weighted by molar-refractivity contribution is 5.81. The first kappa shape index (κ1) is 30.3. The van der Waals surface area contributed by atoms with Gasteiger partial charge >= 0.3 is 0 Å². The molecule has 246 valence electrons. The molecule has 6 heterocycles. The number of benzene rings is 4. The first-order chi connectivity index (χ1) is 24.9. The van der Waals surface area contributed by atoms with E-state index in [1.165, 1.54) is 35.4 Å². The van der Waals surface area contributed by atoms with Gasteiger partial charge in [-0.3, -0.25) is 0 Å². The molecule has 8 aromatic rings. The average Bonchev–Trinajstić information content (AvgIpc) is 3.90. The topological polar surface area (TPSA) is 87.2 Å². The van der Waals surface area contributed by atoms with Gasteiger partial charge in [0, 0.05) is 59.8 Å². The van der Waals surface area contributed by atoms with Crippen LogP contribution in [0.5, 0.6) is 0 Å². The largest absolute Gasteiger partial charge is 0.326 e. The van der Waals surface area contributed by atoms with Crippen LogP contribution in [0.25, 0.3) is 68.9 Å². The Kier molecular flexibility index (Phi) is 7.31. The number of nitrogens with zero attached hydrogens (tertiary/aromatic N) is 8. The first-order valence-electron chi connectivity index (χ1n) is 16.2. The molecule has 0 radical (unpaired) electrons. The van der Waals surface area contributed by atoms with Crippen LogP contribution in [0, 0.1) is 17.5 Å². The van der Waals surface area contributed by atoms with Crippen LogP contribution in [0.4, 0.5) is 13.2 Å². The average molecular weight is 675 g/mol. The summed E-state index contributed by atoms with van der Waals surface area (Å²) in [5, 5.41) is 1.35. The number of fused-ring (bicyclic) bond motifs is 8. The quantitative estimate of drug-likeness (QED) is 0.186. The van der Waals surface area contributed by atoms with E-state index in [4.69, 9.17) is 0 Å². The minimum absolute atomic E-state index is 0.240. The van der Waals surface area contributed by atoms with Crippen molar-refractivity contribution in [3.63, 3.8) is 0 Å². The standard InChI is InChI=1S/C20H12F2N4.C20H13FN4/c21-14-4-6-16-13(8-14)10-26-11-15(24-20(16)26)5-7-18-23-9-12-2-1-3-17(22)19(12)25-18;21-17-7-3-5-13-10-22-18(24-19(13)17)9-8-15-12-25-11-14-4-1-2-6-16(14)20(25)23-15/h1-9,11H,10H2;1-10,12H,11H2/b7-5+;9-8+. The van der Waals surface area contributed by atoms with E-state index < -0.39 is 0 Å². The summed E-state index contributed by atoms with van der Waals surface area (Å²) >= 11 is 0. The maximum atomic E-state index is 13.9. The summed E-state index contributed by atoms with van der Waals surface area (Å²) in [7, 11) is 0. The monoisotopic (exact) mass is 674 g/mol. The molecule has 0 amide bonds. The summed E-state index contributed by atoms with van der Waals surface area (Å²) in [6.07, 6.45) is 14.2. The zero-order chi connectivity index (χ0) is 34.5. The SMILES string of the molecule is Fc1ccc2c(c1)Cn1cc(/C=C/c3ncc4cccc(F)c4n3)nc1-2.Fc1cccc2cnc(/C=C/c3cn4c(n3)-c3ccccc3C4)nc12. The van der Waals surface area contributed by atoms with Crippen LogP contribution in [0.3, 0.4) is 0 Å². The van der Waals surface area contributed by atoms with Crippen LogP contribution in [0.15, 0.2) is 104 Å². The smallest absolute Gasteiger partial charge is 0.152 e. The second-order valence-corrected chi connectivity index (χ2v) is 12.2. The van der Waals surface area contributed by atoms with Gasteiger partial charge in [-0.1, -0.05) is 48.5 Å². The highest BCUT2D eigenvalue weighted by Gasteiger charge is 2.21. The zero-order valence-electron chi connectivity index (χ0n) is 26.8. The van der Waals surface area contributed by atoms with Crippen LogP contribution in [-0.2, 0) is 13.1 Å².